The number of hydrogen-bond acceptors (Lipinski definition) is 2. The van der Waals surface area contributed by atoms with Crippen LogP contribution in [0.25, 0.3) is 0 Å². The second kappa shape index (κ2) is 3.83. The van der Waals surface area contributed by atoms with Crippen molar-refractivity contribution in [3.8, 4) is 0 Å². The van der Waals surface area contributed by atoms with Gasteiger partial charge in [0.2, 0.25) is 0 Å². The van der Waals surface area contributed by atoms with Crippen molar-refractivity contribution in [3.05, 3.63) is 0 Å². The van der Waals surface area contributed by atoms with Crippen LogP contribution in [0.4, 0.5) is 0 Å². The molecule has 0 aromatic carbocycles. The summed E-state index contributed by atoms with van der Waals surface area (Å²) in [5.41, 5.74) is 11.0. The normalized spacial score (nSPS) is 43.8. The Morgan fingerprint density at radius 3 is 1.94 bits per heavy atom. The zero-order valence-corrected chi connectivity index (χ0v) is 10.7. The molecule has 0 amide bonds. The van der Waals surface area contributed by atoms with E-state index < -0.39 is 0 Å². The molecule has 0 aromatic heterocycles. The van der Waals surface area contributed by atoms with Gasteiger partial charge in [-0.3, -0.25) is 0 Å². The molecule has 0 saturated heterocycles. The van der Waals surface area contributed by atoms with E-state index in [-0.39, 0.29) is 16.7 Å². The van der Waals surface area contributed by atoms with E-state index in [4.69, 9.17) is 28.4 Å². The number of rotatable bonds is 1. The van der Waals surface area contributed by atoms with Gasteiger partial charge in [-0.05, 0) is 68.5 Å². The van der Waals surface area contributed by atoms with Crippen molar-refractivity contribution in [3.63, 3.8) is 0 Å². The molecule has 4 fully saturated rings. The number of amidine groups is 1. The first-order valence-corrected chi connectivity index (χ1v) is 6.78. The number of thiocarbonyl (C=S) groups is 1. The van der Waals surface area contributed by atoms with Gasteiger partial charge in [0, 0.05) is 0 Å². The van der Waals surface area contributed by atoms with Gasteiger partial charge in [-0.15, -0.1) is 0 Å². The molecule has 4 aliphatic carbocycles. The molecule has 94 valence electrons. The second-order valence-corrected chi connectivity index (χ2v) is 6.41. The molecule has 0 unspecified atom stereocenters. The highest BCUT2D eigenvalue weighted by molar-refractivity contribution is 7.80. The van der Waals surface area contributed by atoms with Crippen LogP contribution in [-0.4, -0.2) is 16.7 Å². The van der Waals surface area contributed by atoms with Gasteiger partial charge < -0.3 is 16.2 Å². The van der Waals surface area contributed by atoms with Gasteiger partial charge in [-0.1, -0.05) is 0 Å². The van der Waals surface area contributed by atoms with Crippen molar-refractivity contribution < 1.29 is 4.74 Å². The van der Waals surface area contributed by atoms with E-state index in [1.54, 1.807) is 0 Å². The van der Waals surface area contributed by atoms with Crippen molar-refractivity contribution in [1.82, 2.24) is 0 Å². The Bertz CT molecular complexity index is 345. The summed E-state index contributed by atoms with van der Waals surface area (Å²) in [7, 11) is 0. The Labute approximate surface area is 107 Å². The zero-order valence-electron chi connectivity index (χ0n) is 9.89. The minimum absolute atomic E-state index is 0.0484. The van der Waals surface area contributed by atoms with Crippen LogP contribution < -0.4 is 11.5 Å². The van der Waals surface area contributed by atoms with Crippen LogP contribution in [0.5, 0.6) is 0 Å². The highest BCUT2D eigenvalue weighted by Gasteiger charge is 2.52. The third-order valence-corrected chi connectivity index (χ3v) is 4.61. The summed E-state index contributed by atoms with van der Waals surface area (Å²) in [6, 6.07) is 0.152. The minimum atomic E-state index is -0.0624. The lowest BCUT2D eigenvalue weighted by Gasteiger charge is -2.55. The molecule has 4 saturated carbocycles. The first-order valence-electron chi connectivity index (χ1n) is 6.37. The number of hydrogen-bond donors (Lipinski definition) is 2. The summed E-state index contributed by atoms with van der Waals surface area (Å²) in [6.45, 7) is 0. The van der Waals surface area contributed by atoms with Crippen molar-refractivity contribution in [2.75, 3.05) is 0 Å². The van der Waals surface area contributed by atoms with Gasteiger partial charge in [-0.25, -0.2) is 0 Å². The molecular weight excluding hydrogens is 234 g/mol. The smallest absolute Gasteiger partial charge is 0.289 e. The standard InChI is InChI=1S/C12H19N3OS/c13-10(15-11(14)17)16-12-4-7-1-8(5-12)3-9(2-7)6-12/h7-9H,1-6H2,(H4,13,14,15,17). The first kappa shape index (κ1) is 11.3. The summed E-state index contributed by atoms with van der Waals surface area (Å²) in [4.78, 5) is 3.83. The molecule has 0 spiro atoms. The topological polar surface area (TPSA) is 73.6 Å². The monoisotopic (exact) mass is 253 g/mol. The average molecular weight is 253 g/mol. The molecule has 0 aromatic rings. The first-order chi connectivity index (χ1) is 8.05. The van der Waals surface area contributed by atoms with Crippen LogP contribution in [-0.2, 0) is 4.74 Å². The maximum absolute atomic E-state index is 5.92. The predicted molar refractivity (Wildman–Crippen MR) is 70.4 cm³/mol. The Morgan fingerprint density at radius 2 is 1.53 bits per heavy atom. The molecule has 5 heteroatoms. The third-order valence-electron chi connectivity index (χ3n) is 4.52. The van der Waals surface area contributed by atoms with E-state index in [9.17, 15) is 0 Å². The van der Waals surface area contributed by atoms with Crippen LogP contribution in [0.1, 0.15) is 38.5 Å². The van der Waals surface area contributed by atoms with E-state index >= 15 is 0 Å². The summed E-state index contributed by atoms with van der Waals surface area (Å²) < 4.78 is 5.92. The Hall–Kier alpha value is -0.840. The van der Waals surface area contributed by atoms with E-state index in [2.05, 4.69) is 4.99 Å². The fourth-order valence-electron chi connectivity index (χ4n) is 4.51. The lowest BCUT2D eigenvalue weighted by Crippen LogP contribution is -2.53. The molecule has 4 bridgehead atoms. The summed E-state index contributed by atoms with van der Waals surface area (Å²) in [5, 5.41) is 0.0484. The van der Waals surface area contributed by atoms with Crippen LogP contribution in [0.15, 0.2) is 4.99 Å². The second-order valence-electron chi connectivity index (χ2n) is 5.99. The van der Waals surface area contributed by atoms with Crippen LogP contribution in [0, 0.1) is 17.8 Å². The van der Waals surface area contributed by atoms with Gasteiger partial charge in [0.15, 0.2) is 5.11 Å². The molecule has 4 nitrogen and oxygen atoms in total. The van der Waals surface area contributed by atoms with Crippen LogP contribution in [0.3, 0.4) is 0 Å². The summed E-state index contributed by atoms with van der Waals surface area (Å²) in [5.74, 6) is 2.50. The van der Waals surface area contributed by atoms with Crippen molar-refractivity contribution in [2.45, 2.75) is 44.1 Å². The van der Waals surface area contributed by atoms with E-state index in [0.29, 0.717) is 0 Å². The molecule has 0 aliphatic heterocycles. The highest BCUT2D eigenvalue weighted by atomic mass is 32.1. The van der Waals surface area contributed by atoms with Crippen molar-refractivity contribution in [2.24, 2.45) is 34.2 Å². The van der Waals surface area contributed by atoms with Crippen molar-refractivity contribution >= 4 is 23.4 Å². The Morgan fingerprint density at radius 1 is 1.06 bits per heavy atom. The summed E-state index contributed by atoms with van der Waals surface area (Å²) >= 11 is 4.71. The Kier molecular flexibility index (Phi) is 2.54. The van der Waals surface area contributed by atoms with Gasteiger partial charge in [0.1, 0.15) is 5.60 Å². The lowest BCUT2D eigenvalue weighted by atomic mass is 9.54. The van der Waals surface area contributed by atoms with E-state index in [0.717, 1.165) is 37.0 Å². The van der Waals surface area contributed by atoms with Crippen molar-refractivity contribution in [1.29, 1.82) is 0 Å². The molecule has 4 N–H and O–H groups in total. The fourth-order valence-corrected chi connectivity index (χ4v) is 4.60. The van der Waals surface area contributed by atoms with Crippen LogP contribution >= 0.6 is 12.2 Å². The number of aliphatic imine (C=N–C) groups is 1. The maximum atomic E-state index is 5.92. The molecular formula is C12H19N3OS. The summed E-state index contributed by atoms with van der Waals surface area (Å²) in [6.07, 6.45) is 7.55. The fraction of sp³-hybridized carbons (Fsp3) is 0.833. The van der Waals surface area contributed by atoms with Gasteiger partial charge in [0.25, 0.3) is 6.02 Å². The molecule has 4 rings (SSSR count). The number of nitrogens with zero attached hydrogens (tertiary/aromatic N) is 1. The number of nitrogens with two attached hydrogens (primary N) is 2. The van der Waals surface area contributed by atoms with Crippen LogP contribution in [0.2, 0.25) is 0 Å². The molecule has 0 heterocycles. The number of ether oxygens (including phenoxy) is 1. The largest absolute Gasteiger partial charge is 0.458 e. The van der Waals surface area contributed by atoms with E-state index in [1.165, 1.54) is 19.3 Å². The zero-order chi connectivity index (χ0) is 12.0. The van der Waals surface area contributed by atoms with Gasteiger partial charge in [0.05, 0.1) is 0 Å². The molecule has 0 radical (unpaired) electrons. The third kappa shape index (κ3) is 2.12. The van der Waals surface area contributed by atoms with Gasteiger partial charge in [-0.2, -0.15) is 4.99 Å². The quantitative estimate of drug-likeness (QED) is 0.422. The lowest BCUT2D eigenvalue weighted by molar-refractivity contribution is -0.115. The molecule has 0 atom stereocenters. The molecule has 17 heavy (non-hydrogen) atoms. The average Bonchev–Trinajstić information content (AvgIpc) is 2.11. The Balaban J connectivity index is 1.76. The SMILES string of the molecule is NC(=S)/N=C(\N)OC12CC3CC(CC(C3)C1)C2. The van der Waals surface area contributed by atoms with Gasteiger partial charge >= 0.3 is 0 Å². The minimum Gasteiger partial charge on any atom is -0.458 e. The van der Waals surface area contributed by atoms with E-state index in [1.807, 2.05) is 0 Å². The molecule has 4 aliphatic rings. The highest BCUT2D eigenvalue weighted by Crippen LogP contribution is 2.57. The predicted octanol–water partition coefficient (Wildman–Crippen LogP) is 1.53. The maximum Gasteiger partial charge on any atom is 0.289 e.